The first-order chi connectivity index (χ1) is 18.3. The molecule has 1 aliphatic carbocycles. The molecule has 40 heavy (non-hydrogen) atoms. The number of hydrogen-bond acceptors (Lipinski definition) is 11. The summed E-state index contributed by atoms with van der Waals surface area (Å²) in [6.07, 6.45) is 0. The lowest BCUT2D eigenvalue weighted by molar-refractivity contribution is 0.0980. The van der Waals surface area contributed by atoms with Gasteiger partial charge in [-0.3, -0.25) is 23.2 Å². The van der Waals surface area contributed by atoms with E-state index in [-0.39, 0.29) is 34.6 Å². The molecule has 0 fully saturated rings. The predicted molar refractivity (Wildman–Crippen MR) is 141 cm³/mol. The molecule has 0 saturated carbocycles. The zero-order chi connectivity index (χ0) is 30.1. The Morgan fingerprint density at radius 2 is 1.32 bits per heavy atom. The van der Waals surface area contributed by atoms with Gasteiger partial charge >= 0.3 is 0 Å². The van der Waals surface area contributed by atoms with Crippen LogP contribution in [-0.4, -0.2) is 50.5 Å². The summed E-state index contributed by atoms with van der Waals surface area (Å²) in [7, 11) is -14.7. The van der Waals surface area contributed by atoms with Crippen molar-refractivity contribution in [3.63, 3.8) is 0 Å². The molecule has 0 aromatic heterocycles. The summed E-state index contributed by atoms with van der Waals surface area (Å²) in [6.45, 7) is 2.66. The van der Waals surface area contributed by atoms with Crippen molar-refractivity contribution in [1.82, 2.24) is 0 Å². The first-order valence-electron chi connectivity index (χ1n) is 11.0. The molecule has 212 valence electrons. The number of anilines is 3. The van der Waals surface area contributed by atoms with Gasteiger partial charge < -0.3 is 16.8 Å². The number of carbonyl (C=O) groups excluding carboxylic acids is 2. The van der Waals surface area contributed by atoms with Crippen molar-refractivity contribution in [2.24, 2.45) is 5.73 Å². The summed E-state index contributed by atoms with van der Waals surface area (Å²) in [5, 5.41) is 2.74. The lowest BCUT2D eigenvalue weighted by Gasteiger charge is -2.25. The molecule has 0 amide bonds. The highest BCUT2D eigenvalue weighted by Gasteiger charge is 2.37. The Morgan fingerprint density at radius 1 is 0.750 bits per heavy atom. The number of fused-ring (bicyclic) bond motifs is 2. The molecule has 8 N–H and O–H groups in total. The average molecular weight is 612 g/mol. The van der Waals surface area contributed by atoms with Crippen LogP contribution >= 0.6 is 0 Å². The molecule has 4 rings (SSSR count). The zero-order valence-corrected chi connectivity index (χ0v) is 23.0. The van der Waals surface area contributed by atoms with Gasteiger partial charge in [0.2, 0.25) is 0 Å². The first kappa shape index (κ1) is 29.3. The zero-order valence-electron chi connectivity index (χ0n) is 20.6. The van der Waals surface area contributed by atoms with E-state index in [1.807, 2.05) is 0 Å². The van der Waals surface area contributed by atoms with Crippen LogP contribution in [0.3, 0.4) is 0 Å². The standard InChI is InChI=1S/C23H21N3O11S3/c1-9-11(8-24)5-16(39(32,33)34)10(2)21(9)26-15-7-17(40(35,36)37)20(25)19-18(15)22(27)13-4-3-12(38(29,30)31)6-14(13)23(19)28/h3-7,26H,8,24-25H2,1-2H3,(H,29,30,31)(H,32,33,34)(H,35,36,37). The third-order valence-corrected chi connectivity index (χ3v) is 9.23. The van der Waals surface area contributed by atoms with Crippen LogP contribution in [0.2, 0.25) is 0 Å². The Bertz CT molecular complexity index is 2000. The van der Waals surface area contributed by atoms with Crippen LogP contribution in [0.25, 0.3) is 0 Å². The Kier molecular flexibility index (Phi) is 6.91. The van der Waals surface area contributed by atoms with Gasteiger partial charge in [-0.2, -0.15) is 25.3 Å². The number of rotatable bonds is 6. The number of benzene rings is 3. The maximum Gasteiger partial charge on any atom is 0.296 e. The monoisotopic (exact) mass is 611 g/mol. The van der Waals surface area contributed by atoms with E-state index in [9.17, 15) is 48.5 Å². The molecular weight excluding hydrogens is 590 g/mol. The predicted octanol–water partition coefficient (Wildman–Crippen LogP) is 1.60. The highest BCUT2D eigenvalue weighted by Crippen LogP contribution is 2.42. The summed E-state index contributed by atoms with van der Waals surface area (Å²) in [6, 6.07) is 4.49. The second-order valence-corrected chi connectivity index (χ2v) is 13.1. The van der Waals surface area contributed by atoms with Crippen LogP contribution in [-0.2, 0) is 36.9 Å². The van der Waals surface area contributed by atoms with Gasteiger partial charge in [-0.15, -0.1) is 0 Å². The summed E-state index contributed by atoms with van der Waals surface area (Å²) in [5.74, 6) is -2.01. The van der Waals surface area contributed by atoms with Gasteiger partial charge in [0, 0.05) is 23.4 Å². The smallest absolute Gasteiger partial charge is 0.296 e. The molecule has 0 unspecified atom stereocenters. The van der Waals surface area contributed by atoms with E-state index < -0.39 is 79.0 Å². The van der Waals surface area contributed by atoms with Crippen LogP contribution in [0.5, 0.6) is 0 Å². The number of ketones is 2. The quantitative estimate of drug-likeness (QED) is 0.134. The largest absolute Gasteiger partial charge is 0.397 e. The van der Waals surface area contributed by atoms with Gasteiger partial charge in [0.05, 0.1) is 32.3 Å². The Morgan fingerprint density at radius 3 is 1.85 bits per heavy atom. The molecule has 0 heterocycles. The SMILES string of the molecule is Cc1c(CN)cc(S(=O)(=O)O)c(C)c1Nc1cc(S(=O)(=O)O)c(N)c2c1C(=O)c1ccc(S(=O)(=O)O)cc1C2=O. The topological polar surface area (TPSA) is 261 Å². The average Bonchev–Trinajstić information content (AvgIpc) is 2.83. The third-order valence-electron chi connectivity index (χ3n) is 6.50. The molecule has 17 heteroatoms. The molecular formula is C23H21N3O11S3. The van der Waals surface area contributed by atoms with Crippen LogP contribution < -0.4 is 16.8 Å². The van der Waals surface area contributed by atoms with Gasteiger partial charge in [-0.1, -0.05) is 0 Å². The van der Waals surface area contributed by atoms with Gasteiger partial charge in [-0.05, 0) is 60.9 Å². The molecule has 14 nitrogen and oxygen atoms in total. The first-order valence-corrected chi connectivity index (χ1v) is 15.3. The molecule has 0 bridgehead atoms. The number of nitrogens with two attached hydrogens (primary N) is 2. The molecule has 0 spiro atoms. The lowest BCUT2D eigenvalue weighted by atomic mass is 9.82. The molecule has 0 atom stereocenters. The number of carbonyl (C=O) groups is 2. The molecule has 0 aliphatic heterocycles. The molecule has 0 saturated heterocycles. The van der Waals surface area contributed by atoms with Crippen molar-refractivity contribution in [1.29, 1.82) is 0 Å². The van der Waals surface area contributed by atoms with Crippen molar-refractivity contribution < 1.29 is 48.5 Å². The number of nitrogens with one attached hydrogen (secondary N) is 1. The Balaban J connectivity index is 2.09. The second-order valence-electron chi connectivity index (χ2n) is 8.86. The second kappa shape index (κ2) is 9.44. The Labute approximate surface area is 228 Å². The fraction of sp³-hybridized carbons (Fsp3) is 0.130. The summed E-state index contributed by atoms with van der Waals surface area (Å²) < 4.78 is 101. The minimum Gasteiger partial charge on any atom is -0.397 e. The van der Waals surface area contributed by atoms with E-state index in [1.54, 1.807) is 0 Å². The molecule has 1 aliphatic rings. The summed E-state index contributed by atoms with van der Waals surface area (Å²) >= 11 is 0. The minimum atomic E-state index is -5.12. The van der Waals surface area contributed by atoms with Crippen LogP contribution in [0, 0.1) is 13.8 Å². The summed E-state index contributed by atoms with van der Waals surface area (Å²) in [4.78, 5) is 24.9. The van der Waals surface area contributed by atoms with E-state index in [0.717, 1.165) is 30.3 Å². The minimum absolute atomic E-state index is 0.0170. The van der Waals surface area contributed by atoms with Crippen molar-refractivity contribution >= 4 is 59.0 Å². The van der Waals surface area contributed by atoms with E-state index in [4.69, 9.17) is 11.5 Å². The van der Waals surface area contributed by atoms with Crippen molar-refractivity contribution in [2.75, 3.05) is 11.1 Å². The Hall–Kier alpha value is -3.71. The highest BCUT2D eigenvalue weighted by molar-refractivity contribution is 7.86. The van der Waals surface area contributed by atoms with Gasteiger partial charge in [0.1, 0.15) is 4.90 Å². The molecule has 0 radical (unpaired) electrons. The van der Waals surface area contributed by atoms with E-state index in [0.29, 0.717) is 5.56 Å². The fourth-order valence-electron chi connectivity index (χ4n) is 4.54. The van der Waals surface area contributed by atoms with E-state index in [2.05, 4.69) is 5.32 Å². The van der Waals surface area contributed by atoms with Crippen LogP contribution in [0.15, 0.2) is 45.0 Å². The normalized spacial score (nSPS) is 13.7. The highest BCUT2D eigenvalue weighted by atomic mass is 32.2. The van der Waals surface area contributed by atoms with Crippen molar-refractivity contribution in [3.05, 3.63) is 69.3 Å². The number of nitrogen functional groups attached to an aromatic ring is 1. The van der Waals surface area contributed by atoms with Crippen molar-refractivity contribution in [3.8, 4) is 0 Å². The van der Waals surface area contributed by atoms with Gasteiger partial charge in [-0.25, -0.2) is 0 Å². The lowest BCUT2D eigenvalue weighted by Crippen LogP contribution is -2.25. The van der Waals surface area contributed by atoms with Crippen LogP contribution in [0.1, 0.15) is 48.5 Å². The summed E-state index contributed by atoms with van der Waals surface area (Å²) in [5.41, 5.74) is 9.02. The van der Waals surface area contributed by atoms with E-state index in [1.165, 1.54) is 13.8 Å². The van der Waals surface area contributed by atoms with Gasteiger partial charge in [0.25, 0.3) is 30.4 Å². The van der Waals surface area contributed by atoms with Gasteiger partial charge in [0.15, 0.2) is 11.6 Å². The fourth-order valence-corrected chi connectivity index (χ4v) is 6.47. The third kappa shape index (κ3) is 4.77. The van der Waals surface area contributed by atoms with Crippen molar-refractivity contribution in [2.45, 2.75) is 35.1 Å². The number of hydrogen-bond donors (Lipinski definition) is 6. The molecule has 3 aromatic carbocycles. The maximum atomic E-state index is 13.6. The van der Waals surface area contributed by atoms with E-state index >= 15 is 0 Å². The molecule has 3 aromatic rings. The maximum absolute atomic E-state index is 13.6. The van der Waals surface area contributed by atoms with Crippen LogP contribution in [0.4, 0.5) is 17.1 Å².